The number of hydrogen-bond acceptors (Lipinski definition) is 2. The zero-order valence-corrected chi connectivity index (χ0v) is 13.2. The Morgan fingerprint density at radius 1 is 1.29 bits per heavy atom. The summed E-state index contributed by atoms with van der Waals surface area (Å²) in [6.45, 7) is 6.19. The van der Waals surface area contributed by atoms with Gasteiger partial charge in [-0.05, 0) is 42.2 Å². The first-order valence-electron chi connectivity index (χ1n) is 6.86. The number of benzene rings is 2. The molecule has 0 heterocycles. The average molecular weight is 308 g/mol. The highest BCUT2D eigenvalue weighted by Gasteiger charge is 2.11. The normalized spacial score (nSPS) is 11.0. The Hall–Kier alpha value is -1.74. The van der Waals surface area contributed by atoms with Gasteiger partial charge in [0.15, 0.2) is 5.82 Å². The van der Waals surface area contributed by atoms with Crippen molar-refractivity contribution >= 4 is 17.3 Å². The zero-order valence-electron chi connectivity index (χ0n) is 12.4. The number of hydrogen-bond donors (Lipinski definition) is 1. The summed E-state index contributed by atoms with van der Waals surface area (Å²) in [6, 6.07) is 8.71. The minimum atomic E-state index is -0.423. The molecule has 2 nitrogen and oxygen atoms in total. The van der Waals surface area contributed by atoms with Crippen LogP contribution in [0.5, 0.6) is 5.75 Å². The molecule has 0 amide bonds. The van der Waals surface area contributed by atoms with E-state index in [4.69, 9.17) is 22.1 Å². The maximum absolute atomic E-state index is 13.9. The van der Waals surface area contributed by atoms with Crippen molar-refractivity contribution in [1.82, 2.24) is 0 Å². The molecule has 4 heteroatoms. The van der Waals surface area contributed by atoms with Crippen LogP contribution >= 0.6 is 11.6 Å². The molecular formula is C17H19ClFNO. The zero-order chi connectivity index (χ0) is 15.6. The third kappa shape index (κ3) is 3.48. The lowest BCUT2D eigenvalue weighted by Crippen LogP contribution is -2.03. The van der Waals surface area contributed by atoms with Crippen LogP contribution in [0, 0.1) is 12.7 Å². The Morgan fingerprint density at radius 2 is 2.00 bits per heavy atom. The fourth-order valence-corrected chi connectivity index (χ4v) is 2.57. The highest BCUT2D eigenvalue weighted by atomic mass is 35.5. The molecule has 112 valence electrons. The summed E-state index contributed by atoms with van der Waals surface area (Å²) < 4.78 is 19.6. The third-order valence-corrected chi connectivity index (χ3v) is 3.74. The van der Waals surface area contributed by atoms with Crippen LogP contribution in [0.2, 0.25) is 5.02 Å². The van der Waals surface area contributed by atoms with Gasteiger partial charge in [0, 0.05) is 10.6 Å². The van der Waals surface area contributed by atoms with E-state index in [0.29, 0.717) is 17.2 Å². The summed E-state index contributed by atoms with van der Waals surface area (Å²) in [4.78, 5) is 0. The summed E-state index contributed by atoms with van der Waals surface area (Å²) in [5.41, 5.74) is 8.07. The maximum Gasteiger partial charge on any atom is 0.152 e. The second-order valence-corrected chi connectivity index (χ2v) is 5.81. The molecule has 21 heavy (non-hydrogen) atoms. The van der Waals surface area contributed by atoms with Crippen LogP contribution in [0.3, 0.4) is 0 Å². The van der Waals surface area contributed by atoms with E-state index in [0.717, 1.165) is 16.1 Å². The summed E-state index contributed by atoms with van der Waals surface area (Å²) in [7, 11) is 0. The quantitative estimate of drug-likeness (QED) is 0.800. The van der Waals surface area contributed by atoms with E-state index in [9.17, 15) is 4.39 Å². The minimum absolute atomic E-state index is 0.131. The van der Waals surface area contributed by atoms with Crippen LogP contribution in [-0.2, 0) is 6.61 Å². The molecule has 0 fully saturated rings. The SMILES string of the molecule is Cc1cc(Cl)c(C(C)C)cc1OCc1cccc(N)c1F. The summed E-state index contributed by atoms with van der Waals surface area (Å²) in [5.74, 6) is 0.586. The van der Waals surface area contributed by atoms with Crippen molar-refractivity contribution in [2.75, 3.05) is 5.73 Å². The number of aryl methyl sites for hydroxylation is 1. The molecule has 2 N–H and O–H groups in total. The largest absolute Gasteiger partial charge is 0.489 e. The topological polar surface area (TPSA) is 35.2 Å². The monoisotopic (exact) mass is 307 g/mol. The van der Waals surface area contributed by atoms with E-state index in [1.807, 2.05) is 19.1 Å². The molecule has 2 aromatic carbocycles. The molecule has 0 aliphatic heterocycles. The van der Waals surface area contributed by atoms with Crippen molar-refractivity contribution < 1.29 is 9.13 Å². The Balaban J connectivity index is 2.24. The molecule has 0 saturated heterocycles. The maximum atomic E-state index is 13.9. The van der Waals surface area contributed by atoms with Gasteiger partial charge in [-0.3, -0.25) is 0 Å². The van der Waals surface area contributed by atoms with Crippen molar-refractivity contribution in [3.63, 3.8) is 0 Å². The predicted molar refractivity (Wildman–Crippen MR) is 85.4 cm³/mol. The average Bonchev–Trinajstić information content (AvgIpc) is 2.41. The lowest BCUT2D eigenvalue weighted by molar-refractivity contribution is 0.297. The van der Waals surface area contributed by atoms with Crippen molar-refractivity contribution in [1.29, 1.82) is 0 Å². The second kappa shape index (κ2) is 6.35. The van der Waals surface area contributed by atoms with Gasteiger partial charge < -0.3 is 10.5 Å². The number of rotatable bonds is 4. The van der Waals surface area contributed by atoms with Crippen molar-refractivity contribution in [3.05, 3.63) is 57.9 Å². The molecule has 0 radical (unpaired) electrons. The van der Waals surface area contributed by atoms with Crippen LogP contribution in [0.15, 0.2) is 30.3 Å². The smallest absolute Gasteiger partial charge is 0.152 e. The van der Waals surface area contributed by atoms with Crippen LogP contribution in [0.4, 0.5) is 10.1 Å². The van der Waals surface area contributed by atoms with E-state index in [1.165, 1.54) is 6.07 Å². The van der Waals surface area contributed by atoms with Gasteiger partial charge in [0.05, 0.1) is 5.69 Å². The number of anilines is 1. The summed E-state index contributed by atoms with van der Waals surface area (Å²) >= 11 is 6.23. The van der Waals surface area contributed by atoms with Crippen LogP contribution in [0.1, 0.15) is 36.5 Å². The second-order valence-electron chi connectivity index (χ2n) is 5.40. The van der Waals surface area contributed by atoms with Gasteiger partial charge in [0.2, 0.25) is 0 Å². The van der Waals surface area contributed by atoms with Crippen molar-refractivity contribution in [3.8, 4) is 5.75 Å². The molecule has 0 unspecified atom stereocenters. The van der Waals surface area contributed by atoms with Crippen molar-refractivity contribution in [2.45, 2.75) is 33.3 Å². The van der Waals surface area contributed by atoms with E-state index < -0.39 is 5.82 Å². The minimum Gasteiger partial charge on any atom is -0.489 e. The van der Waals surface area contributed by atoms with Gasteiger partial charge in [0.1, 0.15) is 12.4 Å². The standard InChI is InChI=1S/C17H19ClFNO/c1-10(2)13-8-16(11(3)7-14(13)18)21-9-12-5-4-6-15(20)17(12)19/h4-8,10H,9,20H2,1-3H3. The molecule has 0 atom stereocenters. The highest BCUT2D eigenvalue weighted by Crippen LogP contribution is 2.32. The number of nitrogen functional groups attached to an aromatic ring is 1. The van der Waals surface area contributed by atoms with Crippen LogP contribution < -0.4 is 10.5 Å². The first-order chi connectivity index (χ1) is 9.90. The third-order valence-electron chi connectivity index (χ3n) is 3.41. The van der Waals surface area contributed by atoms with Gasteiger partial charge in [-0.1, -0.05) is 37.6 Å². The van der Waals surface area contributed by atoms with E-state index in [1.54, 1.807) is 12.1 Å². The Morgan fingerprint density at radius 3 is 2.67 bits per heavy atom. The fourth-order valence-electron chi connectivity index (χ4n) is 2.13. The van der Waals surface area contributed by atoms with E-state index in [2.05, 4.69) is 13.8 Å². The number of ether oxygens (including phenoxy) is 1. The Bertz CT molecular complexity index is 655. The molecule has 0 spiro atoms. The van der Waals surface area contributed by atoms with Gasteiger partial charge in [-0.25, -0.2) is 4.39 Å². The molecule has 0 aromatic heterocycles. The van der Waals surface area contributed by atoms with Crippen molar-refractivity contribution in [2.24, 2.45) is 0 Å². The van der Waals surface area contributed by atoms with Gasteiger partial charge >= 0.3 is 0 Å². The molecule has 0 aliphatic carbocycles. The first-order valence-corrected chi connectivity index (χ1v) is 7.23. The molecular weight excluding hydrogens is 289 g/mol. The summed E-state index contributed by atoms with van der Waals surface area (Å²) in [5, 5.41) is 0.727. The Kier molecular flexibility index (Phi) is 4.73. The molecule has 2 aromatic rings. The number of nitrogens with two attached hydrogens (primary N) is 1. The molecule has 0 saturated carbocycles. The lowest BCUT2D eigenvalue weighted by Gasteiger charge is -2.15. The summed E-state index contributed by atoms with van der Waals surface area (Å²) in [6.07, 6.45) is 0. The highest BCUT2D eigenvalue weighted by molar-refractivity contribution is 6.31. The van der Waals surface area contributed by atoms with E-state index in [-0.39, 0.29) is 12.3 Å². The lowest BCUT2D eigenvalue weighted by atomic mass is 10.0. The predicted octanol–water partition coefficient (Wildman–Crippen LogP) is 5.07. The first kappa shape index (κ1) is 15.6. The fraction of sp³-hybridized carbons (Fsp3) is 0.294. The molecule has 0 aliphatic rings. The van der Waals surface area contributed by atoms with Crippen LogP contribution in [-0.4, -0.2) is 0 Å². The van der Waals surface area contributed by atoms with Crippen LogP contribution in [0.25, 0.3) is 0 Å². The van der Waals surface area contributed by atoms with Gasteiger partial charge in [-0.15, -0.1) is 0 Å². The molecule has 2 rings (SSSR count). The van der Waals surface area contributed by atoms with Gasteiger partial charge in [-0.2, -0.15) is 0 Å². The van der Waals surface area contributed by atoms with E-state index >= 15 is 0 Å². The number of halogens is 2. The van der Waals surface area contributed by atoms with Gasteiger partial charge in [0.25, 0.3) is 0 Å². The molecule has 0 bridgehead atoms. The Labute approximate surface area is 129 Å².